The van der Waals surface area contributed by atoms with Crippen molar-refractivity contribution in [3.8, 4) is 0 Å². The Morgan fingerprint density at radius 1 is 0.714 bits per heavy atom. The number of benzene rings is 1. The predicted octanol–water partition coefficient (Wildman–Crippen LogP) is 4.22. The average molecular weight is 344 g/mol. The molecule has 0 amide bonds. The lowest BCUT2D eigenvalue weighted by atomic mass is 10.1. The fraction of sp³-hybridized carbons (Fsp3) is 0.400. The van der Waals surface area contributed by atoms with E-state index in [0.717, 1.165) is 12.1 Å². The topological polar surface area (TPSA) is 23.1 Å². The number of hydrogen-bond donors (Lipinski definition) is 0. The summed E-state index contributed by atoms with van der Waals surface area (Å²) in [5.41, 5.74) is 0. The van der Waals surface area contributed by atoms with Crippen LogP contribution in [-0.4, -0.2) is 27.8 Å². The second kappa shape index (κ2) is 5.27. The molecule has 1 aromatic rings. The molecule has 0 heterocycles. The maximum Gasteiger partial charge on any atom is 0.483 e. The highest BCUT2D eigenvalue weighted by atomic mass is 32.2. The van der Waals surface area contributed by atoms with E-state index in [4.69, 9.17) is 0 Å². The number of halogens is 9. The summed E-state index contributed by atoms with van der Waals surface area (Å²) in [6.07, 6.45) is -6.93. The minimum Gasteiger partial charge on any atom is -0.607 e. The fourth-order valence-corrected chi connectivity index (χ4v) is 2.23. The first-order valence-corrected chi connectivity index (χ1v) is 6.09. The summed E-state index contributed by atoms with van der Waals surface area (Å²) >= 11 is -4.11. The third-order valence-corrected chi connectivity index (χ3v) is 3.73. The Bertz CT molecular complexity index is 485. The molecule has 0 spiro atoms. The molecule has 1 unspecified atom stereocenters. The van der Waals surface area contributed by atoms with Crippen molar-refractivity contribution in [1.29, 1.82) is 0 Å². The molecule has 0 aliphatic carbocycles. The van der Waals surface area contributed by atoms with Crippen LogP contribution >= 0.6 is 0 Å². The predicted molar refractivity (Wildman–Crippen MR) is 53.7 cm³/mol. The molecule has 1 nitrogen and oxygen atoms in total. The van der Waals surface area contributed by atoms with Crippen molar-refractivity contribution in [2.45, 2.75) is 28.2 Å². The lowest BCUT2D eigenvalue weighted by Crippen LogP contribution is -2.63. The highest BCUT2D eigenvalue weighted by Crippen LogP contribution is 2.55. The molecule has 1 rings (SSSR count). The normalized spacial score (nSPS) is 15.9. The Kier molecular flexibility index (Phi) is 4.50. The molecule has 0 N–H and O–H groups in total. The van der Waals surface area contributed by atoms with Gasteiger partial charge >= 0.3 is 23.3 Å². The largest absolute Gasteiger partial charge is 0.607 e. The second-order valence-electron chi connectivity index (χ2n) is 3.75. The molecule has 0 aromatic heterocycles. The van der Waals surface area contributed by atoms with Gasteiger partial charge in [-0.2, -0.15) is 30.7 Å². The van der Waals surface area contributed by atoms with E-state index in [1.807, 2.05) is 0 Å². The van der Waals surface area contributed by atoms with Gasteiger partial charge in [0.05, 0.1) is 11.2 Å². The molecule has 0 aliphatic rings. The molecule has 21 heavy (non-hydrogen) atoms. The van der Waals surface area contributed by atoms with Gasteiger partial charge in [0.25, 0.3) is 0 Å². The molecule has 0 radical (unpaired) electrons. The number of hydrogen-bond acceptors (Lipinski definition) is 1. The van der Waals surface area contributed by atoms with E-state index in [-0.39, 0.29) is 0 Å². The molecule has 120 valence electrons. The Morgan fingerprint density at radius 2 is 1.14 bits per heavy atom. The van der Waals surface area contributed by atoms with E-state index in [1.165, 1.54) is 6.07 Å². The Morgan fingerprint density at radius 3 is 1.52 bits per heavy atom. The van der Waals surface area contributed by atoms with Crippen LogP contribution in [0.1, 0.15) is 0 Å². The molecule has 0 fully saturated rings. The van der Waals surface area contributed by atoms with Gasteiger partial charge in [0, 0.05) is 0 Å². The average Bonchev–Trinajstić information content (AvgIpc) is 2.37. The standard InChI is InChI=1S/C10H5F9OS/c11-7(12,9(15,16)17)8(13,14)10(18,19)21(20)6-4-2-1-3-5-6/h1-5H. The quantitative estimate of drug-likeness (QED) is 0.592. The van der Waals surface area contributed by atoms with Crippen LogP contribution in [0.5, 0.6) is 0 Å². The maximum absolute atomic E-state index is 13.3. The van der Waals surface area contributed by atoms with Crippen LogP contribution in [0.3, 0.4) is 0 Å². The Balaban J connectivity index is 3.28. The van der Waals surface area contributed by atoms with Gasteiger partial charge in [0.1, 0.15) is 0 Å². The van der Waals surface area contributed by atoms with Gasteiger partial charge in [0.2, 0.25) is 0 Å². The van der Waals surface area contributed by atoms with Gasteiger partial charge in [-0.3, -0.25) is 0 Å². The Labute approximate surface area is 114 Å². The van der Waals surface area contributed by atoms with Crippen LogP contribution in [-0.2, 0) is 11.2 Å². The van der Waals surface area contributed by atoms with E-state index < -0.39 is 39.3 Å². The fourth-order valence-electron chi connectivity index (χ4n) is 1.17. The minimum absolute atomic E-state index is 0.631. The van der Waals surface area contributed by atoms with E-state index >= 15 is 0 Å². The Hall–Kier alpha value is -1.10. The summed E-state index contributed by atoms with van der Waals surface area (Å²) in [6.45, 7) is 0. The van der Waals surface area contributed by atoms with Crippen LogP contribution in [0.2, 0.25) is 0 Å². The molecule has 0 saturated carbocycles. The molecule has 0 saturated heterocycles. The van der Waals surface area contributed by atoms with Crippen LogP contribution in [0.4, 0.5) is 39.5 Å². The van der Waals surface area contributed by atoms with Crippen molar-refractivity contribution >= 4 is 11.2 Å². The summed E-state index contributed by atoms with van der Waals surface area (Å²) in [4.78, 5) is -1.01. The smallest absolute Gasteiger partial charge is 0.483 e. The van der Waals surface area contributed by atoms with E-state index in [2.05, 4.69) is 0 Å². The molecule has 11 heteroatoms. The van der Waals surface area contributed by atoms with Crippen LogP contribution in [0, 0.1) is 0 Å². The monoisotopic (exact) mass is 344 g/mol. The van der Waals surface area contributed by atoms with Crippen molar-refractivity contribution in [3.63, 3.8) is 0 Å². The summed E-state index contributed by atoms with van der Waals surface area (Å²) in [6, 6.07) is 4.42. The van der Waals surface area contributed by atoms with E-state index in [0.29, 0.717) is 12.1 Å². The number of rotatable bonds is 4. The van der Waals surface area contributed by atoms with E-state index in [1.54, 1.807) is 0 Å². The SMILES string of the molecule is [O-][S+](c1ccccc1)C(F)(F)C(F)(F)C(F)(F)C(F)(F)F. The second-order valence-corrected chi connectivity index (χ2v) is 5.27. The van der Waals surface area contributed by atoms with Gasteiger partial charge < -0.3 is 4.55 Å². The first-order chi connectivity index (χ1) is 9.27. The van der Waals surface area contributed by atoms with Gasteiger partial charge in [-0.15, -0.1) is 8.78 Å². The molecule has 1 atom stereocenters. The first-order valence-electron chi connectivity index (χ1n) is 4.94. The van der Waals surface area contributed by atoms with Gasteiger partial charge in [-0.1, -0.05) is 18.2 Å². The molecule has 0 aliphatic heterocycles. The lowest BCUT2D eigenvalue weighted by molar-refractivity contribution is -0.382. The van der Waals surface area contributed by atoms with Crippen LogP contribution < -0.4 is 0 Å². The zero-order valence-corrected chi connectivity index (χ0v) is 10.4. The molecular weight excluding hydrogens is 339 g/mol. The third kappa shape index (κ3) is 2.80. The summed E-state index contributed by atoms with van der Waals surface area (Å²) in [5.74, 6) is -13.9. The zero-order chi connectivity index (χ0) is 16.7. The van der Waals surface area contributed by atoms with Crippen molar-refractivity contribution in [2.75, 3.05) is 0 Å². The zero-order valence-electron chi connectivity index (χ0n) is 9.60. The van der Waals surface area contributed by atoms with Gasteiger partial charge in [-0.05, 0) is 12.1 Å². The maximum atomic E-state index is 13.3. The highest BCUT2D eigenvalue weighted by molar-refractivity contribution is 7.92. The summed E-state index contributed by atoms with van der Waals surface area (Å²) in [7, 11) is 0. The third-order valence-electron chi connectivity index (χ3n) is 2.31. The van der Waals surface area contributed by atoms with Gasteiger partial charge in [-0.25, -0.2) is 0 Å². The molecule has 0 bridgehead atoms. The van der Waals surface area contributed by atoms with Gasteiger partial charge in [0.15, 0.2) is 4.90 Å². The van der Waals surface area contributed by atoms with Crippen LogP contribution in [0.25, 0.3) is 0 Å². The van der Waals surface area contributed by atoms with Crippen LogP contribution in [0.15, 0.2) is 35.2 Å². The molecule has 1 aromatic carbocycles. The summed E-state index contributed by atoms with van der Waals surface area (Å²) in [5, 5.41) is -6.13. The van der Waals surface area contributed by atoms with E-state index in [9.17, 15) is 44.1 Å². The van der Waals surface area contributed by atoms with Crippen molar-refractivity contribution in [1.82, 2.24) is 0 Å². The lowest BCUT2D eigenvalue weighted by Gasteiger charge is -2.33. The van der Waals surface area contributed by atoms with Crippen molar-refractivity contribution in [2.24, 2.45) is 0 Å². The first kappa shape index (κ1) is 18.0. The molecular formula is C10H5F9OS. The highest BCUT2D eigenvalue weighted by Gasteiger charge is 2.86. The summed E-state index contributed by atoms with van der Waals surface area (Å²) < 4.78 is 125. The number of alkyl halides is 9. The minimum atomic E-state index is -7.05. The van der Waals surface area contributed by atoms with Crippen molar-refractivity contribution < 1.29 is 44.1 Å². The van der Waals surface area contributed by atoms with Crippen molar-refractivity contribution in [3.05, 3.63) is 30.3 Å².